The summed E-state index contributed by atoms with van der Waals surface area (Å²) >= 11 is 0. The minimum Gasteiger partial charge on any atom is -0.267 e. The Labute approximate surface area is 131 Å². The number of rotatable bonds is 4. The second kappa shape index (κ2) is 6.56. The number of hydrogen-bond donors (Lipinski definition) is 1. The van der Waals surface area contributed by atoms with Gasteiger partial charge in [0.15, 0.2) is 0 Å². The monoisotopic (exact) mass is 307 g/mol. The molecule has 23 heavy (non-hydrogen) atoms. The van der Waals surface area contributed by atoms with Crippen molar-refractivity contribution in [3.63, 3.8) is 0 Å². The molecule has 2 aromatic heterocycles. The molecule has 1 aromatic carbocycles. The largest absolute Gasteiger partial charge is 0.271 e. The van der Waals surface area contributed by atoms with Crippen molar-refractivity contribution in [1.29, 1.82) is 0 Å². The number of pyridine rings is 1. The third kappa shape index (κ3) is 3.43. The van der Waals surface area contributed by atoms with Crippen LogP contribution in [0.2, 0.25) is 0 Å². The van der Waals surface area contributed by atoms with Crippen molar-refractivity contribution in [1.82, 2.24) is 30.6 Å². The molecule has 1 amide bonds. The Hall–Kier alpha value is -3.42. The molecular weight excluding hydrogens is 294 g/mol. The van der Waals surface area contributed by atoms with Crippen molar-refractivity contribution < 1.29 is 4.79 Å². The molecule has 0 unspecified atom stereocenters. The van der Waals surface area contributed by atoms with Crippen LogP contribution < -0.4 is 5.43 Å². The zero-order chi connectivity index (χ0) is 16.1. The van der Waals surface area contributed by atoms with Crippen LogP contribution in [-0.2, 0) is 0 Å². The molecule has 0 saturated heterocycles. The van der Waals surface area contributed by atoms with Crippen LogP contribution in [0.25, 0.3) is 5.69 Å². The van der Waals surface area contributed by atoms with E-state index in [1.807, 2.05) is 18.2 Å². The molecule has 0 atom stereocenters. The molecule has 3 rings (SSSR count). The van der Waals surface area contributed by atoms with Gasteiger partial charge < -0.3 is 0 Å². The first-order valence-corrected chi connectivity index (χ1v) is 6.83. The summed E-state index contributed by atoms with van der Waals surface area (Å²) < 4.78 is 1.51. The Morgan fingerprint density at radius 1 is 1.17 bits per heavy atom. The number of benzene rings is 1. The van der Waals surface area contributed by atoms with Gasteiger partial charge in [0, 0.05) is 11.8 Å². The van der Waals surface area contributed by atoms with E-state index in [0.29, 0.717) is 17.0 Å². The number of aromatic nitrogens is 5. The lowest BCUT2D eigenvalue weighted by Crippen LogP contribution is -2.19. The van der Waals surface area contributed by atoms with Crippen LogP contribution in [0.3, 0.4) is 0 Å². The van der Waals surface area contributed by atoms with Crippen molar-refractivity contribution in [3.05, 3.63) is 66.2 Å². The molecule has 8 nitrogen and oxygen atoms in total. The van der Waals surface area contributed by atoms with Gasteiger partial charge in [-0.15, -0.1) is 5.10 Å². The van der Waals surface area contributed by atoms with Crippen LogP contribution in [0.4, 0.5) is 0 Å². The lowest BCUT2D eigenvalue weighted by molar-refractivity contribution is 0.0955. The Bertz CT molecular complexity index is 811. The van der Waals surface area contributed by atoms with Crippen LogP contribution >= 0.6 is 0 Å². The van der Waals surface area contributed by atoms with E-state index in [0.717, 1.165) is 5.69 Å². The molecule has 2 heterocycles. The summed E-state index contributed by atoms with van der Waals surface area (Å²) in [7, 11) is 0. The highest BCUT2D eigenvalue weighted by molar-refractivity contribution is 5.99. The Balaban J connectivity index is 1.69. The number of nitrogens with one attached hydrogen (secondary N) is 1. The second-order valence-corrected chi connectivity index (χ2v) is 4.65. The lowest BCUT2D eigenvalue weighted by Gasteiger charge is -2.04. The van der Waals surface area contributed by atoms with Gasteiger partial charge in [-0.25, -0.2) is 10.1 Å². The molecular formula is C15H13N7O. The predicted molar refractivity (Wildman–Crippen MR) is 83.1 cm³/mol. The molecule has 0 aliphatic carbocycles. The Kier molecular flexibility index (Phi) is 4.14. The molecule has 0 spiro atoms. The Morgan fingerprint density at radius 3 is 2.65 bits per heavy atom. The van der Waals surface area contributed by atoms with Gasteiger partial charge in [-0.05, 0) is 53.7 Å². The summed E-state index contributed by atoms with van der Waals surface area (Å²) in [6.07, 6.45) is 3.16. The summed E-state index contributed by atoms with van der Waals surface area (Å²) in [4.78, 5) is 16.3. The fourth-order valence-corrected chi connectivity index (χ4v) is 1.88. The van der Waals surface area contributed by atoms with E-state index in [1.165, 1.54) is 11.0 Å². The zero-order valence-electron chi connectivity index (χ0n) is 12.3. The summed E-state index contributed by atoms with van der Waals surface area (Å²) in [5.41, 5.74) is 5.10. The van der Waals surface area contributed by atoms with Crippen molar-refractivity contribution in [2.24, 2.45) is 5.10 Å². The van der Waals surface area contributed by atoms with E-state index >= 15 is 0 Å². The number of carbonyl (C=O) groups excluding carboxylic acids is 1. The van der Waals surface area contributed by atoms with Gasteiger partial charge in [0.05, 0.1) is 17.1 Å². The van der Waals surface area contributed by atoms with E-state index in [9.17, 15) is 4.79 Å². The topological polar surface area (TPSA) is 98.0 Å². The summed E-state index contributed by atoms with van der Waals surface area (Å²) in [6.45, 7) is 1.78. The highest BCUT2D eigenvalue weighted by atomic mass is 16.2. The number of nitrogens with zero attached hydrogens (tertiary/aromatic N) is 6. The summed E-state index contributed by atoms with van der Waals surface area (Å²) in [5, 5.41) is 15.0. The number of tetrazole rings is 1. The maximum Gasteiger partial charge on any atom is 0.271 e. The smallest absolute Gasteiger partial charge is 0.267 e. The van der Waals surface area contributed by atoms with E-state index < -0.39 is 0 Å². The molecule has 0 radical (unpaired) electrons. The molecule has 0 fully saturated rings. The average Bonchev–Trinajstić information content (AvgIpc) is 3.15. The van der Waals surface area contributed by atoms with Gasteiger partial charge in [0.1, 0.15) is 6.33 Å². The van der Waals surface area contributed by atoms with Gasteiger partial charge in [-0.1, -0.05) is 6.07 Å². The molecule has 114 valence electrons. The maximum absolute atomic E-state index is 12.1. The van der Waals surface area contributed by atoms with Crippen LogP contribution in [0.5, 0.6) is 0 Å². The standard InChI is InChI=1S/C15H13N7O/c1-11(14-4-2-3-9-16-14)18-19-15(23)12-5-7-13(8-6-12)22-10-17-20-21-22/h2-10H,1H3,(H,19,23)/b18-11+. The van der Waals surface area contributed by atoms with Gasteiger partial charge in [0.2, 0.25) is 0 Å². The normalized spacial score (nSPS) is 11.3. The van der Waals surface area contributed by atoms with Crippen LogP contribution in [-0.4, -0.2) is 36.8 Å². The van der Waals surface area contributed by atoms with Gasteiger partial charge in [-0.2, -0.15) is 5.10 Å². The fourth-order valence-electron chi connectivity index (χ4n) is 1.88. The van der Waals surface area contributed by atoms with E-state index in [4.69, 9.17) is 0 Å². The molecule has 0 saturated carbocycles. The molecule has 3 aromatic rings. The number of hydrogen-bond acceptors (Lipinski definition) is 6. The van der Waals surface area contributed by atoms with Crippen LogP contribution in [0.15, 0.2) is 60.1 Å². The van der Waals surface area contributed by atoms with Crippen molar-refractivity contribution in [3.8, 4) is 5.69 Å². The zero-order valence-corrected chi connectivity index (χ0v) is 12.3. The third-order valence-electron chi connectivity index (χ3n) is 3.10. The van der Waals surface area contributed by atoms with E-state index in [-0.39, 0.29) is 5.91 Å². The van der Waals surface area contributed by atoms with Crippen molar-refractivity contribution in [2.45, 2.75) is 6.92 Å². The predicted octanol–water partition coefficient (Wildman–Crippen LogP) is 1.21. The van der Waals surface area contributed by atoms with Gasteiger partial charge in [-0.3, -0.25) is 9.78 Å². The van der Waals surface area contributed by atoms with Gasteiger partial charge in [0.25, 0.3) is 5.91 Å². The van der Waals surface area contributed by atoms with Crippen molar-refractivity contribution >= 4 is 11.6 Å². The van der Waals surface area contributed by atoms with E-state index in [1.54, 1.807) is 37.4 Å². The van der Waals surface area contributed by atoms with Crippen LogP contribution in [0.1, 0.15) is 23.0 Å². The minimum absolute atomic E-state index is 0.302. The first-order chi connectivity index (χ1) is 11.2. The summed E-state index contributed by atoms with van der Waals surface area (Å²) in [5.74, 6) is -0.302. The average molecular weight is 307 g/mol. The number of amides is 1. The number of carbonyl (C=O) groups is 1. The minimum atomic E-state index is -0.302. The lowest BCUT2D eigenvalue weighted by atomic mass is 10.2. The summed E-state index contributed by atoms with van der Waals surface area (Å²) in [6, 6.07) is 12.4. The second-order valence-electron chi connectivity index (χ2n) is 4.65. The molecule has 8 heteroatoms. The SMILES string of the molecule is C/C(=N\NC(=O)c1ccc(-n2cnnn2)cc1)c1ccccn1. The fraction of sp³-hybridized carbons (Fsp3) is 0.0667. The third-order valence-corrected chi connectivity index (χ3v) is 3.10. The quantitative estimate of drug-likeness (QED) is 0.577. The highest BCUT2D eigenvalue weighted by Crippen LogP contribution is 2.07. The maximum atomic E-state index is 12.1. The Morgan fingerprint density at radius 2 is 2.00 bits per heavy atom. The molecule has 0 bridgehead atoms. The van der Waals surface area contributed by atoms with Crippen molar-refractivity contribution in [2.75, 3.05) is 0 Å². The first kappa shape index (κ1) is 14.5. The molecule has 0 aliphatic rings. The van der Waals surface area contributed by atoms with Crippen LogP contribution in [0, 0.1) is 0 Å². The number of hydrazone groups is 1. The van der Waals surface area contributed by atoms with E-state index in [2.05, 4.69) is 31.0 Å². The first-order valence-electron chi connectivity index (χ1n) is 6.83. The highest BCUT2D eigenvalue weighted by Gasteiger charge is 2.06. The molecule has 0 aliphatic heterocycles. The molecule has 1 N–H and O–H groups in total. The van der Waals surface area contributed by atoms with Gasteiger partial charge >= 0.3 is 0 Å².